The Bertz CT molecular complexity index is 1450. The van der Waals surface area contributed by atoms with Gasteiger partial charge in [-0.05, 0) is 62.2 Å². The van der Waals surface area contributed by atoms with Crippen molar-refractivity contribution < 1.29 is 27.5 Å². The largest absolute Gasteiger partial charge is 0.497 e. The van der Waals surface area contributed by atoms with E-state index in [1.165, 1.54) is 37.3 Å². The average molecular weight is 602 g/mol. The number of hydrogen-bond acceptors (Lipinski definition) is 6. The van der Waals surface area contributed by atoms with Crippen LogP contribution in [0.5, 0.6) is 11.5 Å². The van der Waals surface area contributed by atoms with E-state index in [0.29, 0.717) is 22.8 Å². The van der Waals surface area contributed by atoms with Gasteiger partial charge in [-0.2, -0.15) is 0 Å². The predicted octanol–water partition coefficient (Wildman–Crippen LogP) is 4.88. The lowest BCUT2D eigenvalue weighted by atomic mass is 10.1. The van der Waals surface area contributed by atoms with Crippen LogP contribution in [-0.4, -0.2) is 58.0 Å². The van der Waals surface area contributed by atoms with Crippen molar-refractivity contribution in [1.29, 1.82) is 0 Å². The summed E-state index contributed by atoms with van der Waals surface area (Å²) in [6.07, 6.45) is 0.708. The summed E-state index contributed by atoms with van der Waals surface area (Å²) in [6.45, 7) is 4.85. The highest BCUT2D eigenvalue weighted by atomic mass is 35.5. The smallest absolute Gasteiger partial charge is 0.264 e. The van der Waals surface area contributed by atoms with Crippen molar-refractivity contribution in [2.24, 2.45) is 0 Å². The lowest BCUT2D eigenvalue weighted by molar-refractivity contribution is -0.139. The molecule has 0 heterocycles. The Hall–Kier alpha value is -3.76. The summed E-state index contributed by atoms with van der Waals surface area (Å²) in [7, 11) is -1.39. The number of carbonyl (C=O) groups excluding carboxylic acids is 2. The fourth-order valence-electron chi connectivity index (χ4n) is 4.10. The summed E-state index contributed by atoms with van der Waals surface area (Å²) in [4.78, 5) is 28.6. The van der Waals surface area contributed by atoms with Crippen LogP contribution in [0.15, 0.2) is 77.7 Å². The van der Waals surface area contributed by atoms with Gasteiger partial charge in [-0.25, -0.2) is 8.42 Å². The molecule has 3 aromatic rings. The third-order valence-corrected chi connectivity index (χ3v) is 8.68. The molecule has 0 fully saturated rings. The summed E-state index contributed by atoms with van der Waals surface area (Å²) in [6, 6.07) is 18.4. The van der Waals surface area contributed by atoms with E-state index in [9.17, 15) is 18.0 Å². The quantitative estimate of drug-likeness (QED) is 0.299. The molecule has 9 nitrogen and oxygen atoms in total. The number of nitrogens with one attached hydrogen (secondary N) is 1. The van der Waals surface area contributed by atoms with E-state index in [1.54, 1.807) is 61.5 Å². The minimum absolute atomic E-state index is 0.0124. The number of ether oxygens (including phenoxy) is 2. The number of halogens is 1. The molecule has 0 aliphatic rings. The van der Waals surface area contributed by atoms with E-state index in [-0.39, 0.29) is 34.8 Å². The van der Waals surface area contributed by atoms with E-state index in [4.69, 9.17) is 21.1 Å². The van der Waals surface area contributed by atoms with Crippen molar-refractivity contribution in [3.8, 4) is 11.5 Å². The third kappa shape index (κ3) is 7.92. The minimum atomic E-state index is -4.26. The predicted molar refractivity (Wildman–Crippen MR) is 160 cm³/mol. The van der Waals surface area contributed by atoms with Crippen LogP contribution >= 0.6 is 11.6 Å². The number of rotatable bonds is 13. The van der Waals surface area contributed by atoms with Crippen LogP contribution in [0, 0.1) is 0 Å². The van der Waals surface area contributed by atoms with Gasteiger partial charge in [-0.15, -0.1) is 0 Å². The fraction of sp³-hybridized carbons (Fsp3) is 0.333. The van der Waals surface area contributed by atoms with Crippen molar-refractivity contribution in [2.75, 3.05) is 25.1 Å². The zero-order valence-electron chi connectivity index (χ0n) is 23.8. The van der Waals surface area contributed by atoms with Crippen molar-refractivity contribution in [2.45, 2.75) is 50.7 Å². The van der Waals surface area contributed by atoms with Crippen molar-refractivity contribution in [3.05, 3.63) is 83.4 Å². The Kier molecular flexibility index (Phi) is 11.0. The topological polar surface area (TPSA) is 105 Å². The standard InChI is InChI=1S/C30H36ClN3O6S/c1-6-21(2)32-30(36)22(3)33(19-23-11-10-12-24(31)17-23)29(35)20-34(41(37,38)26-13-8-7-9-14-26)27-18-25(39-4)15-16-28(27)40-5/h7-18,21-22H,6,19-20H2,1-5H3,(H,32,36)/t21-,22-/m1/s1. The van der Waals surface area contributed by atoms with Crippen LogP contribution in [0.3, 0.4) is 0 Å². The number of nitrogens with zero attached hydrogens (tertiary/aromatic N) is 2. The lowest BCUT2D eigenvalue weighted by Crippen LogP contribution is -2.52. The van der Waals surface area contributed by atoms with Crippen LogP contribution in [0.4, 0.5) is 5.69 Å². The summed E-state index contributed by atoms with van der Waals surface area (Å²) >= 11 is 6.20. The van der Waals surface area contributed by atoms with Crippen LogP contribution in [-0.2, 0) is 26.2 Å². The Morgan fingerprint density at radius 3 is 2.27 bits per heavy atom. The molecule has 3 rings (SSSR count). The normalized spacial score (nSPS) is 12.6. The van der Waals surface area contributed by atoms with Gasteiger partial charge >= 0.3 is 0 Å². The number of methoxy groups -OCH3 is 2. The monoisotopic (exact) mass is 601 g/mol. The molecule has 0 radical (unpaired) electrons. The highest BCUT2D eigenvalue weighted by Gasteiger charge is 2.34. The first-order valence-corrected chi connectivity index (χ1v) is 15.0. The number of anilines is 1. The SMILES string of the molecule is CC[C@@H](C)NC(=O)[C@@H](C)N(Cc1cccc(Cl)c1)C(=O)CN(c1cc(OC)ccc1OC)S(=O)(=O)c1ccccc1. The maximum Gasteiger partial charge on any atom is 0.264 e. The molecule has 2 amide bonds. The number of carbonyl (C=O) groups is 2. The van der Waals surface area contributed by atoms with Gasteiger partial charge < -0.3 is 19.7 Å². The molecule has 0 bridgehead atoms. The molecule has 0 aromatic heterocycles. The van der Waals surface area contributed by atoms with Crippen LogP contribution < -0.4 is 19.1 Å². The Balaban J connectivity index is 2.10. The van der Waals surface area contributed by atoms with E-state index in [0.717, 1.165) is 4.31 Å². The highest BCUT2D eigenvalue weighted by molar-refractivity contribution is 7.92. The second-order valence-electron chi connectivity index (χ2n) is 9.51. The summed E-state index contributed by atoms with van der Waals surface area (Å²) < 4.78 is 39.8. The number of amides is 2. The fourth-order valence-corrected chi connectivity index (χ4v) is 5.76. The van der Waals surface area contributed by atoms with E-state index in [2.05, 4.69) is 5.32 Å². The second kappa shape index (κ2) is 14.2. The van der Waals surface area contributed by atoms with Gasteiger partial charge in [0, 0.05) is 23.7 Å². The van der Waals surface area contributed by atoms with Gasteiger partial charge in [-0.1, -0.05) is 48.9 Å². The highest BCUT2D eigenvalue weighted by Crippen LogP contribution is 2.36. The molecular formula is C30H36ClN3O6S. The molecule has 220 valence electrons. The molecule has 0 saturated heterocycles. The molecule has 0 saturated carbocycles. The van der Waals surface area contributed by atoms with Crippen LogP contribution in [0.25, 0.3) is 0 Å². The zero-order chi connectivity index (χ0) is 30.2. The molecule has 0 aliphatic heterocycles. The molecular weight excluding hydrogens is 566 g/mol. The van der Waals surface area contributed by atoms with Crippen molar-refractivity contribution in [1.82, 2.24) is 10.2 Å². The van der Waals surface area contributed by atoms with Crippen LogP contribution in [0.1, 0.15) is 32.8 Å². The maximum absolute atomic E-state index is 14.1. The van der Waals surface area contributed by atoms with Gasteiger partial charge in [0.2, 0.25) is 11.8 Å². The maximum atomic E-state index is 14.1. The van der Waals surface area contributed by atoms with Crippen molar-refractivity contribution in [3.63, 3.8) is 0 Å². The second-order valence-corrected chi connectivity index (χ2v) is 11.8. The van der Waals surface area contributed by atoms with E-state index >= 15 is 0 Å². The molecule has 41 heavy (non-hydrogen) atoms. The van der Waals surface area contributed by atoms with Gasteiger partial charge in [0.05, 0.1) is 24.8 Å². The first-order valence-electron chi connectivity index (χ1n) is 13.2. The van der Waals surface area contributed by atoms with E-state index < -0.39 is 28.5 Å². The molecule has 0 unspecified atom stereocenters. The van der Waals surface area contributed by atoms with Gasteiger partial charge in [-0.3, -0.25) is 13.9 Å². The summed E-state index contributed by atoms with van der Waals surface area (Å²) in [5, 5.41) is 3.38. The molecule has 0 aliphatic carbocycles. The summed E-state index contributed by atoms with van der Waals surface area (Å²) in [5.74, 6) is -0.354. The number of benzene rings is 3. The molecule has 2 atom stereocenters. The third-order valence-electron chi connectivity index (χ3n) is 6.68. The Morgan fingerprint density at radius 2 is 1.66 bits per heavy atom. The van der Waals surface area contributed by atoms with Crippen LogP contribution in [0.2, 0.25) is 5.02 Å². The molecule has 1 N–H and O–H groups in total. The average Bonchev–Trinajstić information content (AvgIpc) is 2.98. The molecule has 3 aromatic carbocycles. The molecule has 0 spiro atoms. The first-order chi connectivity index (χ1) is 19.5. The number of hydrogen-bond donors (Lipinski definition) is 1. The summed E-state index contributed by atoms with van der Waals surface area (Å²) in [5.41, 5.74) is 0.800. The van der Waals surface area contributed by atoms with Gasteiger partial charge in [0.1, 0.15) is 24.1 Å². The van der Waals surface area contributed by atoms with E-state index in [1.807, 2.05) is 13.8 Å². The van der Waals surface area contributed by atoms with Gasteiger partial charge in [0.15, 0.2) is 0 Å². The molecule has 11 heteroatoms. The first kappa shape index (κ1) is 31.8. The number of sulfonamides is 1. The zero-order valence-corrected chi connectivity index (χ0v) is 25.4. The Labute approximate surface area is 247 Å². The van der Waals surface area contributed by atoms with Crippen molar-refractivity contribution >= 4 is 39.1 Å². The lowest BCUT2D eigenvalue weighted by Gasteiger charge is -2.33. The Morgan fingerprint density at radius 1 is 0.951 bits per heavy atom. The van der Waals surface area contributed by atoms with Gasteiger partial charge in [0.25, 0.3) is 10.0 Å². The minimum Gasteiger partial charge on any atom is -0.497 e.